The summed E-state index contributed by atoms with van der Waals surface area (Å²) in [5, 5.41) is 18.7. The van der Waals surface area contributed by atoms with E-state index in [1.165, 1.54) is 0 Å². The molecule has 1 saturated heterocycles. The third-order valence-corrected chi connectivity index (χ3v) is 3.33. The molecule has 0 bridgehead atoms. The zero-order valence-electron chi connectivity index (χ0n) is 10.1. The Morgan fingerprint density at radius 3 is 2.78 bits per heavy atom. The van der Waals surface area contributed by atoms with Gasteiger partial charge in [0, 0.05) is 6.42 Å². The van der Waals surface area contributed by atoms with Crippen LogP contribution in [0.3, 0.4) is 0 Å². The third-order valence-electron chi connectivity index (χ3n) is 3.33. The summed E-state index contributed by atoms with van der Waals surface area (Å²) in [6.07, 6.45) is 1.90. The maximum Gasteiger partial charge on any atom is 0.224 e. The number of carbonyl (C=O) groups is 1. The van der Waals surface area contributed by atoms with E-state index >= 15 is 0 Å². The van der Waals surface area contributed by atoms with Gasteiger partial charge in [-0.3, -0.25) is 4.79 Å². The predicted molar refractivity (Wildman–Crippen MR) is 66.4 cm³/mol. The number of benzene rings is 1. The molecular formula is C14H16N2O2. The highest BCUT2D eigenvalue weighted by atomic mass is 16.3. The molecule has 0 aliphatic carbocycles. The van der Waals surface area contributed by atoms with E-state index in [1.807, 2.05) is 30.3 Å². The van der Waals surface area contributed by atoms with Gasteiger partial charge in [-0.2, -0.15) is 5.26 Å². The van der Waals surface area contributed by atoms with Gasteiger partial charge in [-0.05, 0) is 18.4 Å². The van der Waals surface area contributed by atoms with E-state index in [4.69, 9.17) is 5.26 Å². The molecule has 2 atom stereocenters. The molecule has 1 heterocycles. The second-order valence-electron chi connectivity index (χ2n) is 4.45. The Labute approximate surface area is 106 Å². The van der Waals surface area contributed by atoms with Crippen LogP contribution in [0.2, 0.25) is 0 Å². The Kier molecular flexibility index (Phi) is 3.96. The molecule has 4 heteroatoms. The first-order chi connectivity index (χ1) is 8.77. The number of rotatable bonds is 3. The van der Waals surface area contributed by atoms with Crippen LogP contribution in [0.25, 0.3) is 0 Å². The van der Waals surface area contributed by atoms with E-state index in [1.54, 1.807) is 4.90 Å². The van der Waals surface area contributed by atoms with Gasteiger partial charge in [0.1, 0.15) is 6.04 Å². The Morgan fingerprint density at radius 1 is 1.44 bits per heavy atom. The molecule has 1 aliphatic heterocycles. The molecule has 1 fully saturated rings. The minimum Gasteiger partial charge on any atom is -0.394 e. The standard InChI is InChI=1S/C14H16N2O2/c15-9-12-7-4-8-14(18)16(12)13(10-17)11-5-2-1-3-6-11/h1-3,5-6,12-13,17H,4,7-8,10H2/t12-,13-/m0/s1. The van der Waals surface area contributed by atoms with Gasteiger partial charge in [0.2, 0.25) is 5.91 Å². The number of nitriles is 1. The fraction of sp³-hybridized carbons (Fsp3) is 0.429. The summed E-state index contributed by atoms with van der Waals surface area (Å²) >= 11 is 0. The summed E-state index contributed by atoms with van der Waals surface area (Å²) in [5.41, 5.74) is 0.871. The number of likely N-dealkylation sites (tertiary alicyclic amines) is 1. The predicted octanol–water partition coefficient (Wildman–Crippen LogP) is 1.62. The maximum atomic E-state index is 12.0. The van der Waals surface area contributed by atoms with Crippen molar-refractivity contribution in [3.05, 3.63) is 35.9 Å². The maximum absolute atomic E-state index is 12.0. The largest absolute Gasteiger partial charge is 0.394 e. The molecular weight excluding hydrogens is 228 g/mol. The van der Waals surface area contributed by atoms with Crippen LogP contribution in [0.15, 0.2) is 30.3 Å². The average molecular weight is 244 g/mol. The van der Waals surface area contributed by atoms with Crippen molar-refractivity contribution in [3.63, 3.8) is 0 Å². The van der Waals surface area contributed by atoms with Crippen molar-refractivity contribution in [2.45, 2.75) is 31.3 Å². The zero-order chi connectivity index (χ0) is 13.0. The monoisotopic (exact) mass is 244 g/mol. The summed E-state index contributed by atoms with van der Waals surface area (Å²) in [6.45, 7) is -0.159. The number of amides is 1. The molecule has 0 unspecified atom stereocenters. The molecule has 1 aromatic rings. The van der Waals surface area contributed by atoms with Gasteiger partial charge in [0.15, 0.2) is 0 Å². The van der Waals surface area contributed by atoms with Crippen LogP contribution in [0, 0.1) is 11.3 Å². The van der Waals surface area contributed by atoms with Crippen molar-refractivity contribution in [1.82, 2.24) is 4.90 Å². The second-order valence-corrected chi connectivity index (χ2v) is 4.45. The highest BCUT2D eigenvalue weighted by Crippen LogP contribution is 2.28. The highest BCUT2D eigenvalue weighted by molar-refractivity contribution is 5.78. The van der Waals surface area contributed by atoms with Crippen molar-refractivity contribution in [2.24, 2.45) is 0 Å². The Hall–Kier alpha value is -1.86. The highest BCUT2D eigenvalue weighted by Gasteiger charge is 2.34. The summed E-state index contributed by atoms with van der Waals surface area (Å²) in [7, 11) is 0. The van der Waals surface area contributed by atoms with Crippen LogP contribution in [0.4, 0.5) is 0 Å². The first-order valence-electron chi connectivity index (χ1n) is 6.14. The van der Waals surface area contributed by atoms with Crippen molar-refractivity contribution in [3.8, 4) is 6.07 Å². The third kappa shape index (κ3) is 2.36. The molecule has 1 aliphatic rings. The lowest BCUT2D eigenvalue weighted by Crippen LogP contribution is -2.46. The molecule has 0 aromatic heterocycles. The molecule has 0 spiro atoms. The van der Waals surface area contributed by atoms with E-state index in [2.05, 4.69) is 6.07 Å². The van der Waals surface area contributed by atoms with Crippen molar-refractivity contribution in [2.75, 3.05) is 6.61 Å². The molecule has 1 amide bonds. The lowest BCUT2D eigenvalue weighted by atomic mass is 9.97. The molecule has 1 N–H and O–H groups in total. The van der Waals surface area contributed by atoms with Crippen LogP contribution >= 0.6 is 0 Å². The summed E-state index contributed by atoms with van der Waals surface area (Å²) in [6, 6.07) is 10.7. The van der Waals surface area contributed by atoms with Crippen molar-refractivity contribution < 1.29 is 9.90 Å². The molecule has 0 saturated carbocycles. The zero-order valence-corrected chi connectivity index (χ0v) is 10.1. The Balaban J connectivity index is 2.31. The smallest absolute Gasteiger partial charge is 0.224 e. The number of hydrogen-bond acceptors (Lipinski definition) is 3. The minimum absolute atomic E-state index is 0.0456. The van der Waals surface area contributed by atoms with E-state index in [0.717, 1.165) is 12.0 Å². The van der Waals surface area contributed by atoms with E-state index in [0.29, 0.717) is 12.8 Å². The van der Waals surface area contributed by atoms with E-state index < -0.39 is 12.1 Å². The topological polar surface area (TPSA) is 64.3 Å². The minimum atomic E-state index is -0.427. The summed E-state index contributed by atoms with van der Waals surface area (Å²) in [5.74, 6) is -0.0456. The summed E-state index contributed by atoms with van der Waals surface area (Å²) in [4.78, 5) is 13.5. The van der Waals surface area contributed by atoms with Crippen LogP contribution in [0.5, 0.6) is 0 Å². The van der Waals surface area contributed by atoms with Gasteiger partial charge in [-0.25, -0.2) is 0 Å². The SMILES string of the molecule is N#C[C@@H]1CCCC(=O)N1[C@@H](CO)c1ccccc1. The lowest BCUT2D eigenvalue weighted by molar-refractivity contribution is -0.139. The average Bonchev–Trinajstić information content (AvgIpc) is 2.42. The normalized spacial score (nSPS) is 21.4. The van der Waals surface area contributed by atoms with Crippen LogP contribution in [0.1, 0.15) is 30.9 Å². The molecule has 18 heavy (non-hydrogen) atoms. The molecule has 94 valence electrons. The van der Waals surface area contributed by atoms with Crippen LogP contribution < -0.4 is 0 Å². The van der Waals surface area contributed by atoms with E-state index in [-0.39, 0.29) is 12.5 Å². The number of aliphatic hydroxyl groups is 1. The van der Waals surface area contributed by atoms with Crippen LogP contribution in [-0.2, 0) is 4.79 Å². The number of aliphatic hydroxyl groups excluding tert-OH is 1. The van der Waals surface area contributed by atoms with Gasteiger partial charge < -0.3 is 10.0 Å². The first-order valence-corrected chi connectivity index (χ1v) is 6.14. The quantitative estimate of drug-likeness (QED) is 0.878. The Morgan fingerprint density at radius 2 is 2.17 bits per heavy atom. The van der Waals surface area contributed by atoms with Gasteiger partial charge in [0.25, 0.3) is 0 Å². The van der Waals surface area contributed by atoms with E-state index in [9.17, 15) is 9.90 Å². The molecule has 4 nitrogen and oxygen atoms in total. The van der Waals surface area contributed by atoms with Gasteiger partial charge in [-0.15, -0.1) is 0 Å². The molecule has 1 aromatic carbocycles. The first kappa shape index (κ1) is 12.6. The fourth-order valence-electron chi connectivity index (χ4n) is 2.44. The fourth-order valence-corrected chi connectivity index (χ4v) is 2.44. The van der Waals surface area contributed by atoms with Crippen molar-refractivity contribution >= 4 is 5.91 Å². The molecule has 2 rings (SSSR count). The van der Waals surface area contributed by atoms with Crippen LogP contribution in [-0.4, -0.2) is 28.6 Å². The summed E-state index contributed by atoms with van der Waals surface area (Å²) < 4.78 is 0. The lowest BCUT2D eigenvalue weighted by Gasteiger charge is -2.37. The number of nitrogens with zero attached hydrogens (tertiary/aromatic N) is 2. The number of piperidine rings is 1. The van der Waals surface area contributed by atoms with Gasteiger partial charge >= 0.3 is 0 Å². The number of carbonyl (C=O) groups excluding carboxylic acids is 1. The van der Waals surface area contributed by atoms with Gasteiger partial charge in [0.05, 0.1) is 18.7 Å². The van der Waals surface area contributed by atoms with Crippen molar-refractivity contribution in [1.29, 1.82) is 5.26 Å². The van der Waals surface area contributed by atoms with Gasteiger partial charge in [-0.1, -0.05) is 30.3 Å². The Bertz CT molecular complexity index is 453. The molecule has 0 radical (unpaired) electrons. The second kappa shape index (κ2) is 5.65. The number of hydrogen-bond donors (Lipinski definition) is 1.